The van der Waals surface area contributed by atoms with Crippen molar-refractivity contribution in [2.24, 2.45) is 5.92 Å². The van der Waals surface area contributed by atoms with Crippen molar-refractivity contribution in [1.29, 1.82) is 0 Å². The van der Waals surface area contributed by atoms with E-state index in [4.69, 9.17) is 9.84 Å². The van der Waals surface area contributed by atoms with Gasteiger partial charge in [0.05, 0.1) is 12.7 Å². The van der Waals surface area contributed by atoms with Gasteiger partial charge in [0.25, 0.3) is 0 Å². The molecule has 25 heavy (non-hydrogen) atoms. The van der Waals surface area contributed by atoms with Crippen molar-refractivity contribution in [1.82, 2.24) is 15.1 Å². The quantitative estimate of drug-likeness (QED) is 0.670. The van der Waals surface area contributed by atoms with Crippen LogP contribution in [0.3, 0.4) is 0 Å². The molecular formula is C18H24FN3O3. The maximum atomic E-state index is 13.9. The Kier molecular flexibility index (Phi) is 6.01. The Morgan fingerprint density at radius 1 is 1.36 bits per heavy atom. The molecule has 7 heteroatoms. The Morgan fingerprint density at radius 2 is 2.24 bits per heavy atom. The summed E-state index contributed by atoms with van der Waals surface area (Å²) in [7, 11) is 0. The first-order valence-corrected chi connectivity index (χ1v) is 8.56. The zero-order chi connectivity index (χ0) is 17.6. The van der Waals surface area contributed by atoms with Crippen molar-refractivity contribution in [3.8, 4) is 5.75 Å². The van der Waals surface area contributed by atoms with Crippen LogP contribution in [0.15, 0.2) is 36.7 Å². The number of aromatic nitrogens is 2. The normalized spacial score (nSPS) is 23.1. The Morgan fingerprint density at radius 3 is 2.96 bits per heavy atom. The number of benzene rings is 1. The van der Waals surface area contributed by atoms with Gasteiger partial charge < -0.3 is 20.3 Å². The number of nitrogens with zero attached hydrogens (tertiary/aromatic N) is 2. The van der Waals surface area contributed by atoms with Crippen molar-refractivity contribution in [3.05, 3.63) is 48.0 Å². The first kappa shape index (κ1) is 17.8. The highest BCUT2D eigenvalue weighted by Gasteiger charge is 2.32. The fourth-order valence-corrected chi connectivity index (χ4v) is 3.34. The van der Waals surface area contributed by atoms with E-state index in [0.29, 0.717) is 12.5 Å². The van der Waals surface area contributed by atoms with Crippen LogP contribution in [-0.4, -0.2) is 45.4 Å². The molecule has 0 spiro atoms. The van der Waals surface area contributed by atoms with Crippen molar-refractivity contribution >= 4 is 0 Å². The summed E-state index contributed by atoms with van der Waals surface area (Å²) in [4.78, 5) is 0. The number of halogens is 1. The number of aliphatic hydroxyl groups excluding tert-OH is 2. The molecule has 3 rings (SSSR count). The van der Waals surface area contributed by atoms with Crippen LogP contribution < -0.4 is 10.1 Å². The Bertz CT molecular complexity index is 666. The first-order valence-electron chi connectivity index (χ1n) is 8.56. The molecule has 6 nitrogen and oxygen atoms in total. The summed E-state index contributed by atoms with van der Waals surface area (Å²) >= 11 is 0. The molecule has 1 aromatic carbocycles. The fourth-order valence-electron chi connectivity index (χ4n) is 3.34. The third-order valence-electron chi connectivity index (χ3n) is 4.54. The van der Waals surface area contributed by atoms with E-state index < -0.39 is 11.9 Å². The number of nitrogens with one attached hydrogen (secondary N) is 1. The molecule has 0 radical (unpaired) electrons. The van der Waals surface area contributed by atoms with Crippen LogP contribution in [0, 0.1) is 11.7 Å². The molecule has 2 aromatic rings. The summed E-state index contributed by atoms with van der Waals surface area (Å²) < 4.78 is 20.9. The highest BCUT2D eigenvalue weighted by Crippen LogP contribution is 2.28. The van der Waals surface area contributed by atoms with Crippen molar-refractivity contribution in [2.75, 3.05) is 13.2 Å². The van der Waals surface area contributed by atoms with Crippen LogP contribution in [0.2, 0.25) is 0 Å². The first-order chi connectivity index (χ1) is 12.2. The minimum Gasteiger partial charge on any atom is -0.488 e. The molecule has 1 unspecified atom stereocenters. The second-order valence-electron chi connectivity index (χ2n) is 6.46. The van der Waals surface area contributed by atoms with E-state index in [0.717, 1.165) is 24.9 Å². The molecule has 0 bridgehead atoms. The molecule has 1 aliphatic carbocycles. The summed E-state index contributed by atoms with van der Waals surface area (Å²) in [6.45, 7) is 1.20. The number of rotatable bonds is 8. The van der Waals surface area contributed by atoms with Gasteiger partial charge in [-0.05, 0) is 42.5 Å². The SMILES string of the molecule is OCCOc1ccc(CN[C@@H]2CC(Cn3cccn3)C[C@H]2O)cc1F. The van der Waals surface area contributed by atoms with Crippen LogP contribution in [0.25, 0.3) is 0 Å². The maximum Gasteiger partial charge on any atom is 0.165 e. The summed E-state index contributed by atoms with van der Waals surface area (Å²) in [5.74, 6) is 0.0626. The summed E-state index contributed by atoms with van der Waals surface area (Å²) in [6, 6.07) is 6.65. The van der Waals surface area contributed by atoms with Crippen molar-refractivity contribution in [2.45, 2.75) is 38.1 Å². The predicted molar refractivity (Wildman–Crippen MR) is 90.6 cm³/mol. The average Bonchev–Trinajstić information content (AvgIpc) is 3.22. The largest absolute Gasteiger partial charge is 0.488 e. The number of hydrogen-bond acceptors (Lipinski definition) is 5. The molecule has 3 N–H and O–H groups in total. The zero-order valence-corrected chi connectivity index (χ0v) is 14.0. The summed E-state index contributed by atoms with van der Waals surface area (Å²) in [5.41, 5.74) is 0.788. The van der Waals surface area contributed by atoms with E-state index in [1.54, 1.807) is 18.3 Å². The third kappa shape index (κ3) is 4.78. The summed E-state index contributed by atoms with van der Waals surface area (Å²) in [5, 5.41) is 26.5. The van der Waals surface area contributed by atoms with Crippen molar-refractivity contribution in [3.63, 3.8) is 0 Å². The van der Waals surface area contributed by atoms with Crippen LogP contribution in [0.1, 0.15) is 18.4 Å². The highest BCUT2D eigenvalue weighted by molar-refractivity contribution is 5.29. The molecule has 0 saturated heterocycles. The van der Waals surface area contributed by atoms with Gasteiger partial charge in [0.1, 0.15) is 6.61 Å². The fraction of sp³-hybridized carbons (Fsp3) is 0.500. The Balaban J connectivity index is 1.50. The van der Waals surface area contributed by atoms with Gasteiger partial charge in [0.15, 0.2) is 11.6 Å². The van der Waals surface area contributed by atoms with Gasteiger partial charge in [-0.25, -0.2) is 4.39 Å². The van der Waals surface area contributed by atoms with E-state index in [1.807, 2.05) is 16.9 Å². The molecule has 1 aliphatic rings. The lowest BCUT2D eigenvalue weighted by atomic mass is 10.1. The molecular weight excluding hydrogens is 325 g/mol. The molecule has 3 atom stereocenters. The molecule has 0 amide bonds. The maximum absolute atomic E-state index is 13.9. The lowest BCUT2D eigenvalue weighted by Crippen LogP contribution is -2.35. The van der Waals surface area contributed by atoms with E-state index in [9.17, 15) is 9.50 Å². The van der Waals surface area contributed by atoms with Gasteiger partial charge >= 0.3 is 0 Å². The van der Waals surface area contributed by atoms with Gasteiger partial charge in [-0.15, -0.1) is 0 Å². The van der Waals surface area contributed by atoms with E-state index in [-0.39, 0.29) is 25.0 Å². The van der Waals surface area contributed by atoms with Crippen LogP contribution >= 0.6 is 0 Å². The molecule has 1 heterocycles. The minimum absolute atomic E-state index is 0.00561. The second kappa shape index (κ2) is 8.42. The van der Waals surface area contributed by atoms with Crippen LogP contribution in [0.5, 0.6) is 5.75 Å². The van der Waals surface area contributed by atoms with E-state index in [2.05, 4.69) is 10.4 Å². The van der Waals surface area contributed by atoms with E-state index in [1.165, 1.54) is 6.07 Å². The number of ether oxygens (including phenoxy) is 1. The topological polar surface area (TPSA) is 79.5 Å². The smallest absolute Gasteiger partial charge is 0.165 e. The van der Waals surface area contributed by atoms with Gasteiger partial charge in [0.2, 0.25) is 0 Å². The Labute approximate surface area is 146 Å². The molecule has 1 fully saturated rings. The van der Waals surface area contributed by atoms with Crippen LogP contribution in [-0.2, 0) is 13.1 Å². The lowest BCUT2D eigenvalue weighted by molar-refractivity contribution is 0.145. The zero-order valence-electron chi connectivity index (χ0n) is 14.0. The van der Waals surface area contributed by atoms with Crippen LogP contribution in [0.4, 0.5) is 4.39 Å². The monoisotopic (exact) mass is 349 g/mol. The highest BCUT2D eigenvalue weighted by atomic mass is 19.1. The van der Waals surface area contributed by atoms with Crippen molar-refractivity contribution < 1.29 is 19.3 Å². The molecule has 0 aliphatic heterocycles. The average molecular weight is 349 g/mol. The lowest BCUT2D eigenvalue weighted by Gasteiger charge is -2.17. The van der Waals surface area contributed by atoms with Gasteiger partial charge in [-0.1, -0.05) is 6.07 Å². The number of hydrogen-bond donors (Lipinski definition) is 3. The van der Waals surface area contributed by atoms with Gasteiger partial charge in [-0.2, -0.15) is 5.10 Å². The minimum atomic E-state index is -0.448. The predicted octanol–water partition coefficient (Wildman–Crippen LogP) is 1.32. The molecule has 1 aromatic heterocycles. The summed E-state index contributed by atoms with van der Waals surface area (Å²) in [6.07, 6.45) is 4.87. The molecule has 136 valence electrons. The standard InChI is InChI=1S/C18H24FN3O3/c19-15-8-13(2-3-18(15)25-7-6-23)11-20-16-9-14(10-17(16)24)12-22-5-1-4-21-22/h1-5,8,14,16-17,20,23-24H,6-7,9-12H2/t14?,16-,17-/m1/s1. The third-order valence-corrected chi connectivity index (χ3v) is 4.54. The second-order valence-corrected chi connectivity index (χ2v) is 6.46. The van der Waals surface area contributed by atoms with E-state index >= 15 is 0 Å². The Hall–Kier alpha value is -1.96. The van der Waals surface area contributed by atoms with Gasteiger partial charge in [0, 0.05) is 31.5 Å². The molecule has 1 saturated carbocycles. The number of aliphatic hydroxyl groups is 2. The van der Waals surface area contributed by atoms with Gasteiger partial charge in [-0.3, -0.25) is 4.68 Å².